The van der Waals surface area contributed by atoms with Gasteiger partial charge in [0, 0.05) is 25.3 Å². The molecule has 1 aromatic rings. The van der Waals surface area contributed by atoms with Gasteiger partial charge in [0.05, 0.1) is 6.61 Å². The third-order valence-electron chi connectivity index (χ3n) is 2.81. The molecule has 1 atom stereocenters. The second-order valence-corrected chi connectivity index (χ2v) is 4.21. The zero-order valence-electron chi connectivity index (χ0n) is 10.9. The van der Waals surface area contributed by atoms with E-state index in [4.69, 9.17) is 15.7 Å². The third kappa shape index (κ3) is 4.25. The van der Waals surface area contributed by atoms with E-state index in [1.54, 1.807) is 7.11 Å². The summed E-state index contributed by atoms with van der Waals surface area (Å²) in [7, 11) is 1.69. The Morgan fingerprint density at radius 1 is 1.50 bits per heavy atom. The molecule has 1 rings (SSSR count). The lowest BCUT2D eigenvalue weighted by molar-refractivity contribution is 0.202. The molecule has 0 amide bonds. The van der Waals surface area contributed by atoms with Crippen molar-refractivity contribution >= 4 is 11.5 Å². The average molecular weight is 251 g/mol. The largest absolute Gasteiger partial charge is 0.409 e. The number of para-hydroxylation sites is 1. The van der Waals surface area contributed by atoms with Gasteiger partial charge in [-0.25, -0.2) is 0 Å². The standard InChI is InChI=1S/C13H21N3O2/c1-10(13(14)16-17)9-15-12-6-4-3-5-11(12)7-8-18-2/h3-6,10,15,17H,7-9H2,1-2H3,(H2,14,16). The lowest BCUT2D eigenvalue weighted by Crippen LogP contribution is -2.27. The molecule has 0 saturated carbocycles. The molecule has 0 heterocycles. The number of rotatable bonds is 7. The highest BCUT2D eigenvalue weighted by Crippen LogP contribution is 2.16. The number of hydrogen-bond donors (Lipinski definition) is 3. The highest BCUT2D eigenvalue weighted by atomic mass is 16.5. The van der Waals surface area contributed by atoms with Gasteiger partial charge in [-0.3, -0.25) is 0 Å². The second kappa shape index (κ2) is 7.55. The van der Waals surface area contributed by atoms with E-state index in [1.165, 1.54) is 5.56 Å². The van der Waals surface area contributed by atoms with Crippen LogP contribution in [0.5, 0.6) is 0 Å². The number of oxime groups is 1. The van der Waals surface area contributed by atoms with E-state index < -0.39 is 0 Å². The first-order valence-electron chi connectivity index (χ1n) is 5.97. The second-order valence-electron chi connectivity index (χ2n) is 4.21. The maximum atomic E-state index is 8.59. The Morgan fingerprint density at radius 3 is 2.89 bits per heavy atom. The minimum absolute atomic E-state index is 0.0227. The Balaban J connectivity index is 2.61. The van der Waals surface area contributed by atoms with Crippen molar-refractivity contribution in [2.24, 2.45) is 16.8 Å². The zero-order chi connectivity index (χ0) is 13.4. The number of anilines is 1. The van der Waals surface area contributed by atoms with E-state index >= 15 is 0 Å². The van der Waals surface area contributed by atoms with Gasteiger partial charge in [-0.1, -0.05) is 30.3 Å². The number of nitrogens with zero attached hydrogens (tertiary/aromatic N) is 1. The van der Waals surface area contributed by atoms with E-state index in [0.29, 0.717) is 13.2 Å². The third-order valence-corrected chi connectivity index (χ3v) is 2.81. The molecule has 0 spiro atoms. The number of nitrogens with two attached hydrogens (primary N) is 1. The lowest BCUT2D eigenvalue weighted by atomic mass is 10.1. The fourth-order valence-corrected chi connectivity index (χ4v) is 1.59. The molecule has 5 heteroatoms. The van der Waals surface area contributed by atoms with E-state index in [1.807, 2.05) is 25.1 Å². The minimum atomic E-state index is -0.0227. The van der Waals surface area contributed by atoms with E-state index in [2.05, 4.69) is 16.5 Å². The van der Waals surface area contributed by atoms with Crippen LogP contribution in [0.25, 0.3) is 0 Å². The summed E-state index contributed by atoms with van der Waals surface area (Å²) in [5.41, 5.74) is 7.80. The molecule has 0 aliphatic carbocycles. The van der Waals surface area contributed by atoms with Crippen molar-refractivity contribution in [2.45, 2.75) is 13.3 Å². The summed E-state index contributed by atoms with van der Waals surface area (Å²) in [5, 5.41) is 14.9. The number of nitrogens with one attached hydrogen (secondary N) is 1. The van der Waals surface area contributed by atoms with E-state index in [9.17, 15) is 0 Å². The zero-order valence-corrected chi connectivity index (χ0v) is 10.9. The van der Waals surface area contributed by atoms with Crippen LogP contribution in [0.2, 0.25) is 0 Å². The van der Waals surface area contributed by atoms with E-state index in [-0.39, 0.29) is 11.8 Å². The van der Waals surface area contributed by atoms with Crippen LogP contribution >= 0.6 is 0 Å². The highest BCUT2D eigenvalue weighted by molar-refractivity contribution is 5.82. The monoisotopic (exact) mass is 251 g/mol. The molecule has 0 radical (unpaired) electrons. The number of methoxy groups -OCH3 is 1. The van der Waals surface area contributed by atoms with Crippen molar-refractivity contribution in [1.29, 1.82) is 0 Å². The molecular formula is C13H21N3O2. The summed E-state index contributed by atoms with van der Waals surface area (Å²) in [5.74, 6) is 0.211. The quantitative estimate of drug-likeness (QED) is 0.298. The van der Waals surface area contributed by atoms with Crippen LogP contribution in [0.1, 0.15) is 12.5 Å². The van der Waals surface area contributed by atoms with Crippen molar-refractivity contribution in [1.82, 2.24) is 0 Å². The Kier molecular flexibility index (Phi) is 6.00. The molecule has 4 N–H and O–H groups in total. The van der Waals surface area contributed by atoms with Crippen LogP contribution in [-0.4, -0.2) is 31.3 Å². The van der Waals surface area contributed by atoms with Crippen LogP contribution in [0, 0.1) is 5.92 Å². The maximum Gasteiger partial charge on any atom is 0.143 e. The van der Waals surface area contributed by atoms with Gasteiger partial charge < -0.3 is 21.0 Å². The van der Waals surface area contributed by atoms with Crippen LogP contribution in [0.15, 0.2) is 29.4 Å². The summed E-state index contributed by atoms with van der Waals surface area (Å²) in [6.07, 6.45) is 0.859. The van der Waals surface area contributed by atoms with Crippen molar-refractivity contribution in [3.63, 3.8) is 0 Å². The Hall–Kier alpha value is -1.75. The molecule has 1 unspecified atom stereocenters. The molecule has 100 valence electrons. The molecule has 1 aromatic carbocycles. The Bertz CT molecular complexity index is 394. The smallest absolute Gasteiger partial charge is 0.143 e. The van der Waals surface area contributed by atoms with Crippen molar-refractivity contribution in [3.05, 3.63) is 29.8 Å². The van der Waals surface area contributed by atoms with Gasteiger partial charge in [-0.15, -0.1) is 0 Å². The summed E-state index contributed by atoms with van der Waals surface area (Å²) in [4.78, 5) is 0. The van der Waals surface area contributed by atoms with Crippen LogP contribution in [0.4, 0.5) is 5.69 Å². The topological polar surface area (TPSA) is 79.9 Å². The van der Waals surface area contributed by atoms with E-state index in [0.717, 1.165) is 12.1 Å². The van der Waals surface area contributed by atoms with Crippen molar-refractivity contribution < 1.29 is 9.94 Å². The van der Waals surface area contributed by atoms with Gasteiger partial charge in [-0.05, 0) is 18.1 Å². The Morgan fingerprint density at radius 2 is 2.22 bits per heavy atom. The van der Waals surface area contributed by atoms with Gasteiger partial charge in [0.2, 0.25) is 0 Å². The van der Waals surface area contributed by atoms with Gasteiger partial charge in [0.15, 0.2) is 0 Å². The van der Waals surface area contributed by atoms with Gasteiger partial charge in [-0.2, -0.15) is 0 Å². The predicted molar refractivity (Wildman–Crippen MR) is 73.1 cm³/mol. The molecule has 5 nitrogen and oxygen atoms in total. The molecule has 0 aliphatic rings. The molecule has 0 aromatic heterocycles. The number of amidine groups is 1. The highest BCUT2D eigenvalue weighted by Gasteiger charge is 2.08. The van der Waals surface area contributed by atoms with Crippen LogP contribution in [0.3, 0.4) is 0 Å². The summed E-state index contributed by atoms with van der Waals surface area (Å²) < 4.78 is 5.08. The Labute approximate surface area is 108 Å². The molecule has 0 aliphatic heterocycles. The lowest BCUT2D eigenvalue weighted by Gasteiger charge is -2.15. The number of ether oxygens (including phenoxy) is 1. The van der Waals surface area contributed by atoms with Gasteiger partial charge in [0.25, 0.3) is 0 Å². The first kappa shape index (κ1) is 14.3. The fraction of sp³-hybridized carbons (Fsp3) is 0.462. The molecule has 18 heavy (non-hydrogen) atoms. The van der Waals surface area contributed by atoms with Crippen molar-refractivity contribution in [3.8, 4) is 0 Å². The van der Waals surface area contributed by atoms with Crippen LogP contribution in [-0.2, 0) is 11.2 Å². The average Bonchev–Trinajstić information content (AvgIpc) is 2.42. The fourth-order valence-electron chi connectivity index (χ4n) is 1.59. The van der Waals surface area contributed by atoms with Crippen molar-refractivity contribution in [2.75, 3.05) is 25.6 Å². The van der Waals surface area contributed by atoms with Gasteiger partial charge >= 0.3 is 0 Å². The van der Waals surface area contributed by atoms with Gasteiger partial charge in [0.1, 0.15) is 5.84 Å². The first-order chi connectivity index (χ1) is 8.69. The molecule has 0 saturated heterocycles. The molecule has 0 fully saturated rings. The minimum Gasteiger partial charge on any atom is -0.409 e. The summed E-state index contributed by atoms with van der Waals surface area (Å²) in [6, 6.07) is 8.06. The summed E-state index contributed by atoms with van der Waals surface area (Å²) in [6.45, 7) is 3.22. The normalized spacial score (nSPS) is 13.3. The maximum absolute atomic E-state index is 8.59. The predicted octanol–water partition coefficient (Wildman–Crippen LogP) is 1.67. The first-order valence-corrected chi connectivity index (χ1v) is 5.97. The molecule has 0 bridgehead atoms. The molecular weight excluding hydrogens is 230 g/mol. The number of benzene rings is 1. The SMILES string of the molecule is COCCc1ccccc1NCC(C)/C(N)=N/O. The summed E-state index contributed by atoms with van der Waals surface area (Å²) >= 11 is 0. The van der Waals surface area contributed by atoms with Crippen LogP contribution < -0.4 is 11.1 Å². The number of hydrogen-bond acceptors (Lipinski definition) is 4.